The Bertz CT molecular complexity index is 532. The third-order valence-electron chi connectivity index (χ3n) is 2.10. The first kappa shape index (κ1) is 10.7. The molecular formula is C9H8ClN3O3. The van der Waals surface area contributed by atoms with Crippen LogP contribution in [0.25, 0.3) is 11.4 Å². The summed E-state index contributed by atoms with van der Waals surface area (Å²) in [7, 11) is 0. The number of hydrogen-bond acceptors (Lipinski definition) is 4. The second-order valence-electron chi connectivity index (χ2n) is 3.05. The van der Waals surface area contributed by atoms with E-state index < -0.39 is 5.97 Å². The second kappa shape index (κ2) is 3.97. The SMILES string of the molecule is CCn1cnc(Cl)c1-c1cc(C(=O)O)on1. The molecule has 0 aliphatic carbocycles. The molecule has 0 aromatic carbocycles. The van der Waals surface area contributed by atoms with Gasteiger partial charge in [0.2, 0.25) is 5.76 Å². The Balaban J connectivity index is 2.49. The van der Waals surface area contributed by atoms with Crippen molar-refractivity contribution in [2.75, 3.05) is 0 Å². The molecule has 0 saturated heterocycles. The average molecular weight is 242 g/mol. The van der Waals surface area contributed by atoms with Crippen molar-refractivity contribution in [2.24, 2.45) is 0 Å². The average Bonchev–Trinajstić information content (AvgIpc) is 2.83. The molecule has 0 bridgehead atoms. The van der Waals surface area contributed by atoms with Crippen LogP contribution in [-0.2, 0) is 6.54 Å². The molecule has 0 spiro atoms. The van der Waals surface area contributed by atoms with Crippen LogP contribution < -0.4 is 0 Å². The van der Waals surface area contributed by atoms with Crippen LogP contribution in [0.15, 0.2) is 16.9 Å². The van der Waals surface area contributed by atoms with E-state index in [0.717, 1.165) is 0 Å². The summed E-state index contributed by atoms with van der Waals surface area (Å²) < 4.78 is 6.41. The van der Waals surface area contributed by atoms with Crippen LogP contribution in [0.3, 0.4) is 0 Å². The van der Waals surface area contributed by atoms with E-state index in [1.165, 1.54) is 6.07 Å². The number of carboxylic acid groups (broad SMARTS) is 1. The molecule has 0 amide bonds. The fourth-order valence-electron chi connectivity index (χ4n) is 1.34. The lowest BCUT2D eigenvalue weighted by molar-refractivity contribution is 0.0652. The molecule has 0 saturated carbocycles. The molecule has 2 rings (SSSR count). The van der Waals surface area contributed by atoms with Crippen molar-refractivity contribution in [1.29, 1.82) is 0 Å². The molecule has 1 N–H and O–H groups in total. The largest absolute Gasteiger partial charge is 0.475 e. The van der Waals surface area contributed by atoms with Gasteiger partial charge in [0.05, 0.1) is 6.33 Å². The van der Waals surface area contributed by atoms with Crippen LogP contribution in [0.2, 0.25) is 5.15 Å². The number of imidazole rings is 1. The zero-order valence-corrected chi connectivity index (χ0v) is 9.10. The lowest BCUT2D eigenvalue weighted by Crippen LogP contribution is -1.95. The molecule has 7 heteroatoms. The molecule has 2 heterocycles. The fraction of sp³-hybridized carbons (Fsp3) is 0.222. The normalized spacial score (nSPS) is 10.6. The highest BCUT2D eigenvalue weighted by Crippen LogP contribution is 2.26. The number of aromatic carboxylic acids is 1. The Morgan fingerprint density at radius 1 is 1.69 bits per heavy atom. The van der Waals surface area contributed by atoms with Gasteiger partial charge < -0.3 is 14.2 Å². The quantitative estimate of drug-likeness (QED) is 0.888. The van der Waals surface area contributed by atoms with E-state index in [1.807, 2.05) is 6.92 Å². The minimum absolute atomic E-state index is 0.227. The van der Waals surface area contributed by atoms with E-state index in [0.29, 0.717) is 17.9 Å². The zero-order chi connectivity index (χ0) is 11.7. The number of halogens is 1. The molecule has 0 radical (unpaired) electrons. The van der Waals surface area contributed by atoms with Crippen LogP contribution in [0.4, 0.5) is 0 Å². The highest BCUT2D eigenvalue weighted by molar-refractivity contribution is 6.31. The van der Waals surface area contributed by atoms with E-state index in [9.17, 15) is 4.79 Å². The summed E-state index contributed by atoms with van der Waals surface area (Å²) in [4.78, 5) is 14.6. The van der Waals surface area contributed by atoms with Gasteiger partial charge in [-0.2, -0.15) is 0 Å². The Hall–Kier alpha value is -1.82. The molecule has 6 nitrogen and oxygen atoms in total. The number of nitrogens with zero attached hydrogens (tertiary/aromatic N) is 3. The van der Waals surface area contributed by atoms with E-state index >= 15 is 0 Å². The summed E-state index contributed by atoms with van der Waals surface area (Å²) in [5.74, 6) is -1.40. The van der Waals surface area contributed by atoms with E-state index in [2.05, 4.69) is 14.7 Å². The van der Waals surface area contributed by atoms with E-state index in [4.69, 9.17) is 16.7 Å². The summed E-state index contributed by atoms with van der Waals surface area (Å²) in [6.07, 6.45) is 1.56. The first-order chi connectivity index (χ1) is 7.63. The molecule has 0 unspecified atom stereocenters. The van der Waals surface area contributed by atoms with Crippen molar-refractivity contribution in [3.63, 3.8) is 0 Å². The summed E-state index contributed by atoms with van der Waals surface area (Å²) in [6, 6.07) is 1.32. The van der Waals surface area contributed by atoms with Gasteiger partial charge in [0.25, 0.3) is 0 Å². The van der Waals surface area contributed by atoms with Gasteiger partial charge in [0.1, 0.15) is 11.4 Å². The molecular weight excluding hydrogens is 234 g/mol. The predicted octanol–water partition coefficient (Wildman–Crippen LogP) is 1.91. The minimum atomic E-state index is -1.17. The van der Waals surface area contributed by atoms with Crippen molar-refractivity contribution in [1.82, 2.24) is 14.7 Å². The maximum absolute atomic E-state index is 10.6. The number of rotatable bonds is 3. The topological polar surface area (TPSA) is 81.2 Å². The third-order valence-corrected chi connectivity index (χ3v) is 2.37. The molecule has 0 fully saturated rings. The highest BCUT2D eigenvalue weighted by atomic mass is 35.5. The van der Waals surface area contributed by atoms with Gasteiger partial charge in [-0.3, -0.25) is 0 Å². The predicted molar refractivity (Wildman–Crippen MR) is 55.4 cm³/mol. The first-order valence-corrected chi connectivity index (χ1v) is 4.92. The Morgan fingerprint density at radius 3 is 3.00 bits per heavy atom. The van der Waals surface area contributed by atoms with Crippen molar-refractivity contribution >= 4 is 17.6 Å². The van der Waals surface area contributed by atoms with E-state index in [-0.39, 0.29) is 10.9 Å². The molecule has 16 heavy (non-hydrogen) atoms. The first-order valence-electron chi connectivity index (χ1n) is 4.54. The molecule has 2 aromatic heterocycles. The Labute approximate surface area is 95.4 Å². The van der Waals surface area contributed by atoms with Crippen LogP contribution in [0.5, 0.6) is 0 Å². The van der Waals surface area contributed by atoms with Crippen LogP contribution >= 0.6 is 11.6 Å². The van der Waals surface area contributed by atoms with Gasteiger partial charge in [-0.15, -0.1) is 0 Å². The minimum Gasteiger partial charge on any atom is -0.475 e. The number of aromatic nitrogens is 3. The Kier molecular flexibility index (Phi) is 2.66. The van der Waals surface area contributed by atoms with Crippen LogP contribution in [0.1, 0.15) is 17.5 Å². The standard InChI is InChI=1S/C9H8ClN3O3/c1-2-13-4-11-8(10)7(13)5-3-6(9(14)15)16-12-5/h3-4H,2H2,1H3,(H,14,15). The Morgan fingerprint density at radius 2 is 2.44 bits per heavy atom. The summed E-state index contributed by atoms with van der Waals surface area (Å²) in [5, 5.41) is 12.6. The number of carbonyl (C=O) groups is 1. The maximum Gasteiger partial charge on any atom is 0.374 e. The molecule has 2 aromatic rings. The number of carboxylic acids is 1. The molecule has 0 atom stereocenters. The number of aryl methyl sites for hydroxylation is 1. The van der Waals surface area contributed by atoms with E-state index in [1.54, 1.807) is 10.9 Å². The van der Waals surface area contributed by atoms with Crippen molar-refractivity contribution < 1.29 is 14.4 Å². The summed E-state index contributed by atoms with van der Waals surface area (Å²) in [5.41, 5.74) is 0.919. The zero-order valence-electron chi connectivity index (χ0n) is 8.35. The van der Waals surface area contributed by atoms with Gasteiger partial charge in [-0.05, 0) is 6.92 Å². The van der Waals surface area contributed by atoms with Gasteiger partial charge >= 0.3 is 5.97 Å². The van der Waals surface area contributed by atoms with Crippen LogP contribution in [-0.4, -0.2) is 25.8 Å². The maximum atomic E-state index is 10.6. The fourth-order valence-corrected chi connectivity index (χ4v) is 1.59. The summed E-state index contributed by atoms with van der Waals surface area (Å²) >= 11 is 5.89. The van der Waals surface area contributed by atoms with Crippen molar-refractivity contribution in [3.05, 3.63) is 23.3 Å². The third kappa shape index (κ3) is 1.67. The van der Waals surface area contributed by atoms with Gasteiger partial charge in [0, 0.05) is 12.6 Å². The highest BCUT2D eigenvalue weighted by Gasteiger charge is 2.18. The molecule has 0 aliphatic heterocycles. The van der Waals surface area contributed by atoms with Gasteiger partial charge in [-0.1, -0.05) is 16.8 Å². The van der Waals surface area contributed by atoms with Gasteiger partial charge in [-0.25, -0.2) is 9.78 Å². The lowest BCUT2D eigenvalue weighted by atomic mass is 10.3. The van der Waals surface area contributed by atoms with Gasteiger partial charge in [0.15, 0.2) is 5.15 Å². The lowest BCUT2D eigenvalue weighted by Gasteiger charge is -2.00. The second-order valence-corrected chi connectivity index (χ2v) is 3.41. The monoisotopic (exact) mass is 241 g/mol. The number of hydrogen-bond donors (Lipinski definition) is 1. The smallest absolute Gasteiger partial charge is 0.374 e. The van der Waals surface area contributed by atoms with Crippen molar-refractivity contribution in [2.45, 2.75) is 13.5 Å². The van der Waals surface area contributed by atoms with Crippen molar-refractivity contribution in [3.8, 4) is 11.4 Å². The molecule has 84 valence electrons. The molecule has 0 aliphatic rings. The summed E-state index contributed by atoms with van der Waals surface area (Å²) in [6.45, 7) is 2.57. The van der Waals surface area contributed by atoms with Crippen LogP contribution in [0, 0.1) is 0 Å².